The summed E-state index contributed by atoms with van der Waals surface area (Å²) < 4.78 is 36.3. The highest BCUT2D eigenvalue weighted by Gasteiger charge is 2.20. The van der Waals surface area contributed by atoms with Crippen molar-refractivity contribution in [3.63, 3.8) is 0 Å². The van der Waals surface area contributed by atoms with Crippen LogP contribution in [0.5, 0.6) is 11.5 Å². The van der Waals surface area contributed by atoms with E-state index < -0.39 is 10.1 Å². The summed E-state index contributed by atoms with van der Waals surface area (Å²) in [5.74, 6) is 0.602. The fraction of sp³-hybridized carbons (Fsp3) is 0.118. The Morgan fingerprint density at radius 2 is 1.83 bits per heavy atom. The number of ether oxygens (including phenoxy) is 1. The Labute approximate surface area is 148 Å². The van der Waals surface area contributed by atoms with Crippen LogP contribution in [0, 0.1) is 6.92 Å². The van der Waals surface area contributed by atoms with E-state index in [2.05, 4.69) is 20.9 Å². The number of para-hydroxylation sites is 1. The minimum Gasteiger partial charge on any atom is -0.496 e. The van der Waals surface area contributed by atoms with Crippen molar-refractivity contribution in [1.29, 1.82) is 0 Å². The predicted molar refractivity (Wildman–Crippen MR) is 95.0 cm³/mol. The van der Waals surface area contributed by atoms with E-state index in [1.807, 2.05) is 25.1 Å². The molecule has 5 nitrogen and oxygen atoms in total. The molecular formula is C17H14BrNO4S. The van der Waals surface area contributed by atoms with E-state index in [0.717, 1.165) is 11.1 Å². The molecule has 1 aromatic heterocycles. The van der Waals surface area contributed by atoms with Crippen LogP contribution in [0.15, 0.2) is 57.9 Å². The molecule has 0 unspecified atom stereocenters. The standard InChI is InChI=1S/C17H14BrNO4S/c1-11-6-7-12-4-3-5-15(17(12)19-11)23-24(20,21)13-8-9-14(18)16(10-13)22-2/h3-10H,1-2H3. The zero-order chi connectivity index (χ0) is 17.3. The molecule has 7 heteroatoms. The Bertz CT molecular complexity index is 1020. The predicted octanol–water partition coefficient (Wildman–Crippen LogP) is 4.08. The van der Waals surface area contributed by atoms with E-state index in [4.69, 9.17) is 8.92 Å². The Balaban J connectivity index is 2.06. The van der Waals surface area contributed by atoms with Crippen molar-refractivity contribution in [2.24, 2.45) is 0 Å². The number of aromatic nitrogens is 1. The molecule has 0 amide bonds. The number of benzene rings is 2. The van der Waals surface area contributed by atoms with Crippen molar-refractivity contribution in [2.45, 2.75) is 11.8 Å². The molecule has 0 bridgehead atoms. The quantitative estimate of drug-likeness (QED) is 0.609. The summed E-state index contributed by atoms with van der Waals surface area (Å²) in [5, 5.41) is 0.807. The lowest BCUT2D eigenvalue weighted by Gasteiger charge is -2.11. The van der Waals surface area contributed by atoms with Crippen LogP contribution in [-0.4, -0.2) is 20.5 Å². The van der Waals surface area contributed by atoms with E-state index >= 15 is 0 Å². The molecule has 0 radical (unpaired) electrons. The monoisotopic (exact) mass is 407 g/mol. The topological polar surface area (TPSA) is 65.5 Å². The number of hydrogen-bond donors (Lipinski definition) is 0. The van der Waals surface area contributed by atoms with Gasteiger partial charge in [0.15, 0.2) is 5.75 Å². The number of aryl methyl sites for hydroxylation is 1. The van der Waals surface area contributed by atoms with E-state index in [9.17, 15) is 8.42 Å². The van der Waals surface area contributed by atoms with Gasteiger partial charge in [0.1, 0.15) is 16.2 Å². The maximum atomic E-state index is 12.6. The van der Waals surface area contributed by atoms with Crippen LogP contribution in [0.1, 0.15) is 5.69 Å². The molecule has 2 aromatic carbocycles. The second kappa shape index (κ2) is 6.41. The smallest absolute Gasteiger partial charge is 0.339 e. The van der Waals surface area contributed by atoms with Crippen LogP contribution in [0.3, 0.4) is 0 Å². The highest BCUT2D eigenvalue weighted by Crippen LogP contribution is 2.31. The molecule has 0 aliphatic rings. The molecule has 3 rings (SSSR count). The van der Waals surface area contributed by atoms with Crippen LogP contribution in [0.25, 0.3) is 10.9 Å². The molecular weight excluding hydrogens is 394 g/mol. The number of halogens is 1. The van der Waals surface area contributed by atoms with Gasteiger partial charge in [-0.25, -0.2) is 4.98 Å². The van der Waals surface area contributed by atoms with Crippen LogP contribution in [0.4, 0.5) is 0 Å². The Morgan fingerprint density at radius 3 is 2.58 bits per heavy atom. The van der Waals surface area contributed by atoms with E-state index in [0.29, 0.717) is 15.7 Å². The average Bonchev–Trinajstić information content (AvgIpc) is 2.55. The summed E-state index contributed by atoms with van der Waals surface area (Å²) >= 11 is 3.29. The molecule has 124 valence electrons. The third-order valence-corrected chi connectivity index (χ3v) is 5.32. The number of rotatable bonds is 4. The van der Waals surface area contributed by atoms with Gasteiger partial charge < -0.3 is 8.92 Å². The summed E-state index contributed by atoms with van der Waals surface area (Å²) in [5.41, 5.74) is 1.28. The molecule has 0 spiro atoms. The van der Waals surface area contributed by atoms with Gasteiger partial charge in [-0.1, -0.05) is 18.2 Å². The van der Waals surface area contributed by atoms with Gasteiger partial charge in [-0.05, 0) is 47.1 Å². The Hall–Kier alpha value is -2.12. The summed E-state index contributed by atoms with van der Waals surface area (Å²) in [4.78, 5) is 4.39. The number of methoxy groups -OCH3 is 1. The zero-order valence-electron chi connectivity index (χ0n) is 13.0. The number of pyridine rings is 1. The second-order valence-corrected chi connectivity index (χ2v) is 7.51. The van der Waals surface area contributed by atoms with Crippen LogP contribution >= 0.6 is 15.9 Å². The summed E-state index contributed by atoms with van der Waals surface area (Å²) in [6, 6.07) is 13.4. The largest absolute Gasteiger partial charge is 0.496 e. The minimum atomic E-state index is -4.01. The van der Waals surface area contributed by atoms with E-state index in [1.54, 1.807) is 18.2 Å². The summed E-state index contributed by atoms with van der Waals surface area (Å²) in [7, 11) is -2.54. The first kappa shape index (κ1) is 16.7. The first-order valence-electron chi connectivity index (χ1n) is 7.05. The Kier molecular flexibility index (Phi) is 4.47. The van der Waals surface area contributed by atoms with E-state index in [-0.39, 0.29) is 10.6 Å². The van der Waals surface area contributed by atoms with Crippen molar-refractivity contribution in [3.05, 3.63) is 58.7 Å². The molecule has 1 heterocycles. The molecule has 0 aliphatic carbocycles. The Morgan fingerprint density at radius 1 is 1.04 bits per heavy atom. The molecule has 0 atom stereocenters. The number of fused-ring (bicyclic) bond motifs is 1. The molecule has 3 aromatic rings. The lowest BCUT2D eigenvalue weighted by molar-refractivity contribution is 0.410. The molecule has 0 saturated heterocycles. The lowest BCUT2D eigenvalue weighted by atomic mass is 10.2. The normalized spacial score (nSPS) is 11.5. The van der Waals surface area contributed by atoms with Gasteiger partial charge in [0, 0.05) is 17.1 Å². The molecule has 0 saturated carbocycles. The summed E-state index contributed by atoms with van der Waals surface area (Å²) in [6.07, 6.45) is 0. The third kappa shape index (κ3) is 3.22. The zero-order valence-corrected chi connectivity index (χ0v) is 15.4. The molecule has 0 fully saturated rings. The van der Waals surface area contributed by atoms with Gasteiger partial charge in [-0.15, -0.1) is 0 Å². The van der Waals surface area contributed by atoms with Gasteiger partial charge in [-0.3, -0.25) is 0 Å². The van der Waals surface area contributed by atoms with Gasteiger partial charge in [-0.2, -0.15) is 8.42 Å². The van der Waals surface area contributed by atoms with Crippen LogP contribution in [0.2, 0.25) is 0 Å². The number of nitrogens with zero attached hydrogens (tertiary/aromatic N) is 1. The second-order valence-electron chi connectivity index (χ2n) is 5.11. The maximum Gasteiger partial charge on any atom is 0.339 e. The molecule has 24 heavy (non-hydrogen) atoms. The van der Waals surface area contributed by atoms with Crippen molar-refractivity contribution < 1.29 is 17.3 Å². The minimum absolute atomic E-state index is 0.00667. The van der Waals surface area contributed by atoms with E-state index in [1.165, 1.54) is 19.2 Å². The average molecular weight is 408 g/mol. The number of hydrogen-bond acceptors (Lipinski definition) is 5. The highest BCUT2D eigenvalue weighted by atomic mass is 79.9. The van der Waals surface area contributed by atoms with Gasteiger partial charge in [0.25, 0.3) is 0 Å². The molecule has 0 N–H and O–H groups in total. The van der Waals surface area contributed by atoms with Gasteiger partial charge >= 0.3 is 10.1 Å². The van der Waals surface area contributed by atoms with Crippen molar-refractivity contribution in [3.8, 4) is 11.5 Å². The van der Waals surface area contributed by atoms with Crippen molar-refractivity contribution in [2.75, 3.05) is 7.11 Å². The highest BCUT2D eigenvalue weighted by molar-refractivity contribution is 9.10. The van der Waals surface area contributed by atoms with Gasteiger partial charge in [0.2, 0.25) is 0 Å². The van der Waals surface area contributed by atoms with Crippen LogP contribution < -0.4 is 8.92 Å². The van der Waals surface area contributed by atoms with Crippen molar-refractivity contribution >= 4 is 37.0 Å². The third-order valence-electron chi connectivity index (χ3n) is 3.43. The van der Waals surface area contributed by atoms with Gasteiger partial charge in [0.05, 0.1) is 11.6 Å². The SMILES string of the molecule is COc1cc(S(=O)(=O)Oc2cccc3ccc(C)nc23)ccc1Br. The fourth-order valence-electron chi connectivity index (χ4n) is 2.25. The van der Waals surface area contributed by atoms with Crippen molar-refractivity contribution in [1.82, 2.24) is 4.98 Å². The lowest BCUT2D eigenvalue weighted by Crippen LogP contribution is -2.10. The fourth-order valence-corrected chi connectivity index (χ4v) is 3.61. The summed E-state index contributed by atoms with van der Waals surface area (Å²) in [6.45, 7) is 1.84. The molecule has 0 aliphatic heterocycles. The maximum absolute atomic E-state index is 12.6. The van der Waals surface area contributed by atoms with Crippen LogP contribution in [-0.2, 0) is 10.1 Å². The first-order valence-corrected chi connectivity index (χ1v) is 9.25. The first-order chi connectivity index (χ1) is 11.4.